The van der Waals surface area contributed by atoms with Crippen molar-refractivity contribution in [1.29, 1.82) is 0 Å². The molecule has 2 heterocycles. The van der Waals surface area contributed by atoms with Crippen molar-refractivity contribution in [2.45, 2.75) is 32.4 Å². The lowest BCUT2D eigenvalue weighted by atomic mass is 10.1. The number of carboxylic acids is 1. The van der Waals surface area contributed by atoms with Gasteiger partial charge in [-0.15, -0.1) is 0 Å². The Labute approximate surface area is 115 Å². The minimum absolute atomic E-state index is 0.0815. The Kier molecular flexibility index (Phi) is 3.14. The zero-order valence-corrected chi connectivity index (χ0v) is 11.0. The number of aromatic carboxylic acids is 1. The summed E-state index contributed by atoms with van der Waals surface area (Å²) in [5.41, 5.74) is 1.03. The Balaban J connectivity index is 1.86. The third kappa shape index (κ3) is 2.24. The summed E-state index contributed by atoms with van der Waals surface area (Å²) in [6.07, 6.45) is 2.94. The van der Waals surface area contributed by atoms with E-state index in [1.165, 1.54) is 4.68 Å². The predicted molar refractivity (Wildman–Crippen MR) is 71.9 cm³/mol. The van der Waals surface area contributed by atoms with Crippen LogP contribution in [0.1, 0.15) is 34.6 Å². The molecule has 104 valence electrons. The molecule has 2 aromatic rings. The van der Waals surface area contributed by atoms with E-state index in [1.54, 1.807) is 28.8 Å². The number of hydrogen-bond acceptors (Lipinski definition) is 3. The van der Waals surface area contributed by atoms with Crippen LogP contribution < -0.4 is 5.69 Å². The van der Waals surface area contributed by atoms with Crippen molar-refractivity contribution in [1.82, 2.24) is 14.3 Å². The molecule has 1 aliphatic rings. The van der Waals surface area contributed by atoms with Crippen molar-refractivity contribution in [3.8, 4) is 0 Å². The molecular formula is C14H15N3O3. The summed E-state index contributed by atoms with van der Waals surface area (Å²) in [6, 6.07) is 6.51. The van der Waals surface area contributed by atoms with Gasteiger partial charge in [0.15, 0.2) is 0 Å². The van der Waals surface area contributed by atoms with Gasteiger partial charge in [0.2, 0.25) is 0 Å². The first-order valence-electron chi connectivity index (χ1n) is 6.64. The Hall–Kier alpha value is -2.37. The van der Waals surface area contributed by atoms with Gasteiger partial charge >= 0.3 is 11.7 Å². The molecule has 0 saturated heterocycles. The van der Waals surface area contributed by atoms with Gasteiger partial charge in [0, 0.05) is 13.0 Å². The van der Waals surface area contributed by atoms with E-state index in [-0.39, 0.29) is 11.3 Å². The van der Waals surface area contributed by atoms with E-state index in [0.717, 1.165) is 37.2 Å². The van der Waals surface area contributed by atoms with Gasteiger partial charge < -0.3 is 5.11 Å². The van der Waals surface area contributed by atoms with E-state index in [0.29, 0.717) is 6.54 Å². The fraction of sp³-hybridized carbons (Fsp3) is 0.357. The highest BCUT2D eigenvalue weighted by atomic mass is 16.4. The lowest BCUT2D eigenvalue weighted by Crippen LogP contribution is -2.27. The minimum atomic E-state index is -0.953. The number of rotatable bonds is 3. The Morgan fingerprint density at radius 1 is 1.25 bits per heavy atom. The lowest BCUT2D eigenvalue weighted by molar-refractivity contribution is 0.0697. The zero-order chi connectivity index (χ0) is 14.1. The molecule has 0 radical (unpaired) electrons. The number of aromatic nitrogens is 3. The van der Waals surface area contributed by atoms with Crippen LogP contribution in [0.4, 0.5) is 0 Å². The van der Waals surface area contributed by atoms with E-state index < -0.39 is 5.97 Å². The topological polar surface area (TPSA) is 77.1 Å². The summed E-state index contributed by atoms with van der Waals surface area (Å²) in [5, 5.41) is 13.2. The Bertz CT molecular complexity index is 697. The van der Waals surface area contributed by atoms with E-state index in [1.807, 2.05) is 0 Å². The number of carbonyl (C=O) groups is 1. The first-order chi connectivity index (χ1) is 9.65. The van der Waals surface area contributed by atoms with Gasteiger partial charge in [-0.2, -0.15) is 5.10 Å². The van der Waals surface area contributed by atoms with Gasteiger partial charge in [-0.1, -0.05) is 12.1 Å². The molecule has 0 aliphatic carbocycles. The molecule has 1 aliphatic heterocycles. The number of fused-ring (bicyclic) bond motifs is 1. The molecule has 1 aromatic carbocycles. The van der Waals surface area contributed by atoms with Crippen LogP contribution in [0.25, 0.3) is 0 Å². The van der Waals surface area contributed by atoms with Gasteiger partial charge in [0.25, 0.3) is 0 Å². The van der Waals surface area contributed by atoms with E-state index >= 15 is 0 Å². The van der Waals surface area contributed by atoms with Gasteiger partial charge in [-0.05, 0) is 30.5 Å². The Morgan fingerprint density at radius 3 is 2.65 bits per heavy atom. The summed E-state index contributed by atoms with van der Waals surface area (Å²) in [4.78, 5) is 22.9. The number of benzene rings is 1. The quantitative estimate of drug-likeness (QED) is 0.909. The minimum Gasteiger partial charge on any atom is -0.478 e. The Morgan fingerprint density at radius 2 is 2.00 bits per heavy atom. The molecule has 0 unspecified atom stereocenters. The molecule has 1 N–H and O–H groups in total. The van der Waals surface area contributed by atoms with Gasteiger partial charge in [0.1, 0.15) is 5.82 Å². The molecule has 0 fully saturated rings. The first-order valence-corrected chi connectivity index (χ1v) is 6.64. The fourth-order valence-electron chi connectivity index (χ4n) is 2.48. The maximum Gasteiger partial charge on any atom is 0.346 e. The summed E-state index contributed by atoms with van der Waals surface area (Å²) >= 11 is 0. The van der Waals surface area contributed by atoms with Crippen LogP contribution in [-0.2, 0) is 19.5 Å². The highest BCUT2D eigenvalue weighted by Gasteiger charge is 2.16. The largest absolute Gasteiger partial charge is 0.478 e. The molecule has 6 nitrogen and oxygen atoms in total. The second-order valence-corrected chi connectivity index (χ2v) is 4.97. The summed E-state index contributed by atoms with van der Waals surface area (Å²) < 4.78 is 3.19. The molecule has 1 aromatic heterocycles. The molecule has 0 saturated carbocycles. The highest BCUT2D eigenvalue weighted by molar-refractivity contribution is 5.87. The van der Waals surface area contributed by atoms with E-state index in [2.05, 4.69) is 5.10 Å². The summed E-state index contributed by atoms with van der Waals surface area (Å²) in [6.45, 7) is 1.12. The molecule has 3 rings (SSSR count). The summed E-state index contributed by atoms with van der Waals surface area (Å²) in [7, 11) is 0. The number of nitrogens with zero attached hydrogens (tertiary/aromatic N) is 3. The van der Waals surface area contributed by atoms with Crippen molar-refractivity contribution >= 4 is 5.97 Å². The van der Waals surface area contributed by atoms with Crippen molar-refractivity contribution < 1.29 is 9.90 Å². The van der Waals surface area contributed by atoms with Crippen LogP contribution in [0.15, 0.2) is 29.1 Å². The van der Waals surface area contributed by atoms with Crippen LogP contribution in [0.5, 0.6) is 0 Å². The van der Waals surface area contributed by atoms with E-state index in [9.17, 15) is 9.59 Å². The monoisotopic (exact) mass is 273 g/mol. The SMILES string of the molecule is O=C(O)c1ccc(Cn2nc3n(c2=O)CCCC3)cc1. The smallest absolute Gasteiger partial charge is 0.346 e. The summed E-state index contributed by atoms with van der Waals surface area (Å²) in [5.74, 6) is -0.102. The molecule has 0 atom stereocenters. The van der Waals surface area contributed by atoms with Gasteiger partial charge in [-0.3, -0.25) is 4.57 Å². The van der Waals surface area contributed by atoms with Crippen LogP contribution in [0.3, 0.4) is 0 Å². The van der Waals surface area contributed by atoms with Crippen molar-refractivity contribution in [3.63, 3.8) is 0 Å². The normalized spacial score (nSPS) is 14.0. The standard InChI is InChI=1S/C14H15N3O3/c18-13(19)11-6-4-10(5-7-11)9-17-14(20)16-8-2-1-3-12(16)15-17/h4-7H,1-3,8-9H2,(H,18,19). The molecule has 6 heteroatoms. The van der Waals surface area contributed by atoms with Crippen molar-refractivity contribution in [2.24, 2.45) is 0 Å². The average molecular weight is 273 g/mol. The van der Waals surface area contributed by atoms with Crippen LogP contribution >= 0.6 is 0 Å². The molecule has 0 spiro atoms. The van der Waals surface area contributed by atoms with Crippen molar-refractivity contribution in [2.75, 3.05) is 0 Å². The predicted octanol–water partition coefficient (Wildman–Crippen LogP) is 1.13. The third-order valence-corrected chi connectivity index (χ3v) is 3.56. The zero-order valence-electron chi connectivity index (χ0n) is 11.0. The highest BCUT2D eigenvalue weighted by Crippen LogP contribution is 2.10. The first kappa shape index (κ1) is 12.7. The molecular weight excluding hydrogens is 258 g/mol. The second-order valence-electron chi connectivity index (χ2n) is 4.97. The van der Waals surface area contributed by atoms with Crippen LogP contribution in [0.2, 0.25) is 0 Å². The number of carboxylic acid groups (broad SMARTS) is 1. The lowest BCUT2D eigenvalue weighted by Gasteiger charge is -2.09. The van der Waals surface area contributed by atoms with Crippen molar-refractivity contribution in [3.05, 3.63) is 51.7 Å². The maximum atomic E-state index is 12.2. The van der Waals surface area contributed by atoms with E-state index in [4.69, 9.17) is 5.11 Å². The molecule has 0 amide bonds. The second kappa shape index (κ2) is 4.96. The van der Waals surface area contributed by atoms with Gasteiger partial charge in [0.05, 0.1) is 12.1 Å². The molecule has 0 bridgehead atoms. The van der Waals surface area contributed by atoms with Crippen LogP contribution in [-0.4, -0.2) is 25.4 Å². The van der Waals surface area contributed by atoms with Gasteiger partial charge in [-0.25, -0.2) is 14.3 Å². The maximum absolute atomic E-state index is 12.2. The number of hydrogen-bond donors (Lipinski definition) is 1. The van der Waals surface area contributed by atoms with Crippen LogP contribution in [0, 0.1) is 0 Å². The number of aryl methyl sites for hydroxylation is 1. The third-order valence-electron chi connectivity index (χ3n) is 3.56. The fourth-order valence-corrected chi connectivity index (χ4v) is 2.48. The molecule has 20 heavy (non-hydrogen) atoms. The average Bonchev–Trinajstić information content (AvgIpc) is 2.77.